The molecule has 0 fully saturated rings. The molecule has 0 radical (unpaired) electrons. The smallest absolute Gasteiger partial charge is 0.249 e. The Bertz CT molecular complexity index is 1370. The second-order valence-corrected chi connectivity index (χ2v) is 9.41. The van der Waals surface area contributed by atoms with Crippen molar-refractivity contribution in [3.8, 4) is 22.1 Å². The fourth-order valence-corrected chi connectivity index (χ4v) is 4.64. The van der Waals surface area contributed by atoms with Crippen LogP contribution in [-0.4, -0.2) is 34.8 Å². The molecule has 5 rings (SSSR count). The van der Waals surface area contributed by atoms with E-state index in [1.807, 2.05) is 48.5 Å². The van der Waals surface area contributed by atoms with E-state index in [-0.39, 0.29) is 13.2 Å². The van der Waals surface area contributed by atoms with E-state index in [0.29, 0.717) is 27.2 Å². The monoisotopic (exact) mass is 520 g/mol. The molecule has 0 aliphatic carbocycles. The lowest BCUT2D eigenvalue weighted by Crippen LogP contribution is -2.46. The molecule has 0 bridgehead atoms. The van der Waals surface area contributed by atoms with Gasteiger partial charge in [-0.3, -0.25) is 14.9 Å². The molecule has 0 saturated carbocycles. The van der Waals surface area contributed by atoms with Crippen molar-refractivity contribution >= 4 is 39.9 Å². The highest BCUT2D eigenvalue weighted by Crippen LogP contribution is 2.37. The first-order valence-corrected chi connectivity index (χ1v) is 12.4. The van der Waals surface area contributed by atoms with E-state index in [4.69, 9.17) is 21.1 Å². The number of hydrogen-bond donors (Lipinski definition) is 2. The number of nitrogens with one attached hydrogen (secondary N) is 2. The third-order valence-corrected chi connectivity index (χ3v) is 6.85. The number of hydrogen-bond acceptors (Lipinski definition) is 7. The van der Waals surface area contributed by atoms with E-state index in [1.54, 1.807) is 30.3 Å². The quantitative estimate of drug-likeness (QED) is 0.330. The van der Waals surface area contributed by atoms with Crippen LogP contribution in [0.15, 0.2) is 78.9 Å². The average Bonchev–Trinajstić information content (AvgIpc) is 3.58. The van der Waals surface area contributed by atoms with Crippen molar-refractivity contribution in [1.29, 1.82) is 0 Å². The van der Waals surface area contributed by atoms with Gasteiger partial charge in [-0.1, -0.05) is 72.0 Å². The predicted octanol–water partition coefficient (Wildman–Crippen LogP) is 4.58. The molecule has 1 aliphatic rings. The first-order chi connectivity index (χ1) is 17.6. The van der Waals surface area contributed by atoms with Gasteiger partial charge in [-0.25, -0.2) is 0 Å². The largest absolute Gasteiger partial charge is 0.454 e. The molecule has 3 aromatic carbocycles. The minimum Gasteiger partial charge on any atom is -0.454 e. The van der Waals surface area contributed by atoms with Crippen LogP contribution in [0.1, 0.15) is 16.5 Å². The number of carbonyl (C=O) groups is 2. The van der Waals surface area contributed by atoms with Crippen molar-refractivity contribution in [2.75, 3.05) is 12.1 Å². The highest BCUT2D eigenvalue weighted by Gasteiger charge is 2.27. The van der Waals surface area contributed by atoms with E-state index in [1.165, 1.54) is 11.3 Å². The first-order valence-electron chi connectivity index (χ1n) is 11.1. The third kappa shape index (κ3) is 5.48. The maximum Gasteiger partial charge on any atom is 0.249 e. The summed E-state index contributed by atoms with van der Waals surface area (Å²) >= 11 is 7.61. The van der Waals surface area contributed by atoms with Gasteiger partial charge in [-0.15, -0.1) is 21.8 Å². The summed E-state index contributed by atoms with van der Waals surface area (Å²) in [4.78, 5) is 26.2. The van der Waals surface area contributed by atoms with Gasteiger partial charge >= 0.3 is 0 Å². The zero-order valence-corrected chi connectivity index (χ0v) is 20.5. The molecular weight excluding hydrogens is 500 g/mol. The van der Waals surface area contributed by atoms with Gasteiger partial charge in [0.25, 0.3) is 0 Å². The Kier molecular flexibility index (Phi) is 7.11. The maximum atomic E-state index is 13.2. The number of benzene rings is 3. The van der Waals surface area contributed by atoms with Crippen LogP contribution >= 0.6 is 22.9 Å². The van der Waals surface area contributed by atoms with Gasteiger partial charge in [0, 0.05) is 12.0 Å². The molecule has 1 aliphatic heterocycles. The standard InChI is InChI=1S/C26H21ClN4O4S/c27-22(17-9-5-2-6-10-17)24(33)28-19(13-16-7-3-1-4-8-16)23(32)29-26-31-30-25(36-26)18-11-12-20-21(14-18)35-15-34-20/h1-12,14,19,22H,13,15H2,(H,28,33)(H,29,31,32). The van der Waals surface area contributed by atoms with Crippen LogP contribution in [0.2, 0.25) is 0 Å². The molecule has 0 spiro atoms. The van der Waals surface area contributed by atoms with Crippen molar-refractivity contribution in [2.45, 2.75) is 17.8 Å². The summed E-state index contributed by atoms with van der Waals surface area (Å²) in [6.07, 6.45) is 0.282. The van der Waals surface area contributed by atoms with Crippen molar-refractivity contribution in [1.82, 2.24) is 15.5 Å². The Morgan fingerprint density at radius 2 is 1.64 bits per heavy atom. The van der Waals surface area contributed by atoms with Crippen LogP contribution < -0.4 is 20.1 Å². The lowest BCUT2D eigenvalue weighted by molar-refractivity contribution is -0.126. The fourth-order valence-electron chi connectivity index (χ4n) is 3.69. The topological polar surface area (TPSA) is 102 Å². The van der Waals surface area contributed by atoms with Crippen molar-refractivity contribution < 1.29 is 19.1 Å². The lowest BCUT2D eigenvalue weighted by Gasteiger charge is -2.20. The van der Waals surface area contributed by atoms with E-state index in [0.717, 1.165) is 11.1 Å². The molecule has 0 saturated heterocycles. The van der Waals surface area contributed by atoms with Crippen LogP contribution in [-0.2, 0) is 16.0 Å². The second kappa shape index (κ2) is 10.8. The van der Waals surface area contributed by atoms with Crippen LogP contribution in [0.5, 0.6) is 11.5 Å². The summed E-state index contributed by atoms with van der Waals surface area (Å²) in [5.41, 5.74) is 2.33. The molecule has 2 unspecified atom stereocenters. The molecule has 4 aromatic rings. The zero-order chi connectivity index (χ0) is 24.9. The lowest BCUT2D eigenvalue weighted by atomic mass is 10.0. The van der Waals surface area contributed by atoms with Gasteiger partial charge in [0.15, 0.2) is 11.5 Å². The number of ether oxygens (including phenoxy) is 2. The van der Waals surface area contributed by atoms with Gasteiger partial charge in [0.05, 0.1) is 0 Å². The molecule has 182 valence electrons. The van der Waals surface area contributed by atoms with E-state index >= 15 is 0 Å². The fraction of sp³-hybridized carbons (Fsp3) is 0.154. The normalized spacial score (nSPS) is 13.6. The highest BCUT2D eigenvalue weighted by molar-refractivity contribution is 7.18. The van der Waals surface area contributed by atoms with Crippen LogP contribution in [0, 0.1) is 0 Å². The number of halogens is 1. The Morgan fingerprint density at radius 1 is 0.917 bits per heavy atom. The van der Waals surface area contributed by atoms with Crippen molar-refractivity contribution in [2.24, 2.45) is 0 Å². The number of amides is 2. The molecule has 1 aromatic heterocycles. The Hall–Kier alpha value is -3.95. The second-order valence-electron chi connectivity index (χ2n) is 7.99. The Morgan fingerprint density at radius 3 is 2.42 bits per heavy atom. The number of carbonyl (C=O) groups excluding carboxylic acids is 2. The number of rotatable bonds is 8. The third-order valence-electron chi connectivity index (χ3n) is 5.51. The summed E-state index contributed by atoms with van der Waals surface area (Å²) in [6, 6.07) is 23.0. The summed E-state index contributed by atoms with van der Waals surface area (Å²) in [7, 11) is 0. The average molecular weight is 521 g/mol. The minimum atomic E-state index is -0.934. The molecule has 2 amide bonds. The molecule has 36 heavy (non-hydrogen) atoms. The molecule has 2 heterocycles. The Labute approximate surface area is 216 Å². The highest BCUT2D eigenvalue weighted by atomic mass is 35.5. The van der Waals surface area contributed by atoms with Gasteiger partial charge in [-0.2, -0.15) is 0 Å². The van der Waals surface area contributed by atoms with Gasteiger partial charge in [-0.05, 0) is 29.3 Å². The van der Waals surface area contributed by atoms with Gasteiger partial charge in [0.1, 0.15) is 16.4 Å². The summed E-state index contributed by atoms with van der Waals surface area (Å²) in [5, 5.41) is 13.8. The molecule has 8 nitrogen and oxygen atoms in total. The minimum absolute atomic E-state index is 0.179. The van der Waals surface area contributed by atoms with Crippen LogP contribution in [0.4, 0.5) is 5.13 Å². The molecule has 2 atom stereocenters. The SMILES string of the molecule is O=C(Nc1nnc(-c2ccc3c(c2)OCO3)s1)C(Cc1ccccc1)NC(=O)C(Cl)c1ccccc1. The number of anilines is 1. The zero-order valence-electron chi connectivity index (χ0n) is 18.9. The number of nitrogens with zero attached hydrogens (tertiary/aromatic N) is 2. The van der Waals surface area contributed by atoms with Gasteiger partial charge in [0.2, 0.25) is 23.7 Å². The predicted molar refractivity (Wildman–Crippen MR) is 137 cm³/mol. The van der Waals surface area contributed by atoms with Crippen molar-refractivity contribution in [3.63, 3.8) is 0 Å². The number of alkyl halides is 1. The molecule has 10 heteroatoms. The van der Waals surface area contributed by atoms with E-state index in [9.17, 15) is 9.59 Å². The summed E-state index contributed by atoms with van der Waals surface area (Å²) in [5.74, 6) is 0.423. The summed E-state index contributed by atoms with van der Waals surface area (Å²) < 4.78 is 10.8. The van der Waals surface area contributed by atoms with E-state index < -0.39 is 23.2 Å². The first kappa shape index (κ1) is 23.8. The van der Waals surface area contributed by atoms with Gasteiger partial charge < -0.3 is 14.8 Å². The number of fused-ring (bicyclic) bond motifs is 1. The van der Waals surface area contributed by atoms with Crippen LogP contribution in [0.3, 0.4) is 0 Å². The Balaban J connectivity index is 1.31. The van der Waals surface area contributed by atoms with E-state index in [2.05, 4.69) is 20.8 Å². The molecule has 2 N–H and O–H groups in total. The van der Waals surface area contributed by atoms with Crippen LogP contribution in [0.25, 0.3) is 10.6 Å². The van der Waals surface area contributed by atoms with Crippen molar-refractivity contribution in [3.05, 3.63) is 90.0 Å². The maximum absolute atomic E-state index is 13.2. The number of aromatic nitrogens is 2. The summed E-state index contributed by atoms with van der Waals surface area (Å²) in [6.45, 7) is 0.179. The molecular formula is C26H21ClN4O4S.